The molecule has 0 saturated carbocycles. The van der Waals surface area contributed by atoms with E-state index in [0.29, 0.717) is 5.02 Å². The molecule has 2 aromatic carbocycles. The first-order valence-corrected chi connectivity index (χ1v) is 7.83. The van der Waals surface area contributed by atoms with Gasteiger partial charge < -0.3 is 11.1 Å². The Morgan fingerprint density at radius 2 is 1.87 bits per heavy atom. The van der Waals surface area contributed by atoms with Crippen LogP contribution in [-0.4, -0.2) is 17.9 Å². The van der Waals surface area contributed by atoms with Gasteiger partial charge >= 0.3 is 0 Å². The Hall–Kier alpha value is -1.92. The summed E-state index contributed by atoms with van der Waals surface area (Å²) in [6, 6.07) is 9.22. The van der Waals surface area contributed by atoms with E-state index in [-0.39, 0.29) is 12.0 Å². The molecule has 4 nitrogen and oxygen atoms in total. The molecule has 7 heteroatoms. The summed E-state index contributed by atoms with van der Waals surface area (Å²) in [5, 5.41) is 3.06. The van der Waals surface area contributed by atoms with Crippen LogP contribution >= 0.6 is 27.5 Å². The van der Waals surface area contributed by atoms with Crippen LogP contribution < -0.4 is 11.1 Å². The fourth-order valence-electron chi connectivity index (χ4n) is 1.99. The molecule has 0 aliphatic carbocycles. The Bertz CT molecular complexity index is 737. The van der Waals surface area contributed by atoms with Crippen molar-refractivity contribution in [1.82, 2.24) is 5.32 Å². The van der Waals surface area contributed by atoms with Crippen molar-refractivity contribution in [1.29, 1.82) is 0 Å². The van der Waals surface area contributed by atoms with E-state index in [1.807, 2.05) is 0 Å². The number of amides is 2. The smallest absolute Gasteiger partial charge is 0.251 e. The molecule has 0 aliphatic rings. The molecule has 120 valence electrons. The van der Waals surface area contributed by atoms with Crippen molar-refractivity contribution in [3.8, 4) is 0 Å². The predicted octanol–water partition coefficient (Wildman–Crippen LogP) is 3.07. The zero-order valence-corrected chi connectivity index (χ0v) is 14.2. The quantitative estimate of drug-likeness (QED) is 0.811. The number of carbonyl (C=O) groups excluding carboxylic acids is 2. The van der Waals surface area contributed by atoms with Gasteiger partial charge in [0, 0.05) is 21.5 Å². The Balaban J connectivity index is 2.15. The molecule has 2 amide bonds. The van der Waals surface area contributed by atoms with Gasteiger partial charge in [-0.15, -0.1) is 0 Å². The number of hydrogen-bond donors (Lipinski definition) is 2. The van der Waals surface area contributed by atoms with E-state index in [9.17, 15) is 14.0 Å². The van der Waals surface area contributed by atoms with Gasteiger partial charge in [0.15, 0.2) is 0 Å². The Labute approximate surface area is 145 Å². The van der Waals surface area contributed by atoms with E-state index < -0.39 is 23.7 Å². The molecule has 0 saturated heterocycles. The second kappa shape index (κ2) is 7.57. The van der Waals surface area contributed by atoms with E-state index in [1.165, 1.54) is 24.3 Å². The van der Waals surface area contributed by atoms with Crippen LogP contribution in [0.3, 0.4) is 0 Å². The second-order valence-corrected chi connectivity index (χ2v) is 6.17. The minimum absolute atomic E-state index is 0.184. The zero-order chi connectivity index (χ0) is 17.0. The molecule has 0 bridgehead atoms. The maximum atomic E-state index is 12.9. The minimum atomic E-state index is -0.915. The van der Waals surface area contributed by atoms with Crippen LogP contribution in [0.25, 0.3) is 0 Å². The monoisotopic (exact) mass is 398 g/mol. The number of halogens is 3. The van der Waals surface area contributed by atoms with Crippen molar-refractivity contribution in [3.05, 3.63) is 68.9 Å². The largest absolute Gasteiger partial charge is 0.368 e. The lowest BCUT2D eigenvalue weighted by Gasteiger charge is -2.16. The third-order valence-electron chi connectivity index (χ3n) is 3.19. The predicted molar refractivity (Wildman–Crippen MR) is 89.7 cm³/mol. The number of hydrogen-bond acceptors (Lipinski definition) is 2. The highest BCUT2D eigenvalue weighted by Crippen LogP contribution is 2.22. The van der Waals surface area contributed by atoms with Gasteiger partial charge in [0.1, 0.15) is 11.9 Å². The number of rotatable bonds is 5. The van der Waals surface area contributed by atoms with Gasteiger partial charge in [0.25, 0.3) is 5.91 Å². The van der Waals surface area contributed by atoms with Crippen molar-refractivity contribution in [2.45, 2.75) is 12.5 Å². The number of primary amides is 1. The molecule has 0 unspecified atom stereocenters. The van der Waals surface area contributed by atoms with Crippen LogP contribution in [0.5, 0.6) is 0 Å². The van der Waals surface area contributed by atoms with Crippen LogP contribution in [0.1, 0.15) is 15.9 Å². The number of nitrogens with two attached hydrogens (primary N) is 1. The lowest BCUT2D eigenvalue weighted by atomic mass is 10.0. The highest BCUT2D eigenvalue weighted by atomic mass is 79.9. The summed E-state index contributed by atoms with van der Waals surface area (Å²) in [5.41, 5.74) is 6.34. The van der Waals surface area contributed by atoms with E-state index >= 15 is 0 Å². The lowest BCUT2D eigenvalue weighted by Crippen LogP contribution is -2.45. The van der Waals surface area contributed by atoms with Gasteiger partial charge in [-0.1, -0.05) is 27.5 Å². The third-order valence-corrected chi connectivity index (χ3v) is 4.20. The van der Waals surface area contributed by atoms with E-state index in [1.54, 1.807) is 18.2 Å². The van der Waals surface area contributed by atoms with E-state index in [4.69, 9.17) is 17.3 Å². The second-order valence-electron chi connectivity index (χ2n) is 4.88. The molecule has 23 heavy (non-hydrogen) atoms. The van der Waals surface area contributed by atoms with Crippen molar-refractivity contribution >= 4 is 39.3 Å². The molecule has 2 aromatic rings. The van der Waals surface area contributed by atoms with Crippen LogP contribution in [0.15, 0.2) is 46.9 Å². The number of benzene rings is 2. The summed E-state index contributed by atoms with van der Waals surface area (Å²) < 4.78 is 13.6. The fraction of sp³-hybridized carbons (Fsp3) is 0.125. The maximum Gasteiger partial charge on any atom is 0.251 e. The van der Waals surface area contributed by atoms with Crippen molar-refractivity contribution in [3.63, 3.8) is 0 Å². The highest BCUT2D eigenvalue weighted by molar-refractivity contribution is 9.10. The van der Waals surface area contributed by atoms with Crippen LogP contribution in [0.2, 0.25) is 5.02 Å². The normalized spacial score (nSPS) is 11.8. The molecule has 0 heterocycles. The average Bonchev–Trinajstić information content (AvgIpc) is 2.50. The van der Waals surface area contributed by atoms with Gasteiger partial charge in [0.2, 0.25) is 5.91 Å². The first kappa shape index (κ1) is 17.4. The Morgan fingerprint density at radius 1 is 1.22 bits per heavy atom. The summed E-state index contributed by atoms with van der Waals surface area (Å²) in [7, 11) is 0. The average molecular weight is 400 g/mol. The van der Waals surface area contributed by atoms with Crippen LogP contribution in [0, 0.1) is 5.82 Å². The minimum Gasteiger partial charge on any atom is -0.368 e. The molecule has 0 radical (unpaired) electrons. The maximum absolute atomic E-state index is 12.9. The third kappa shape index (κ3) is 4.77. The molecular weight excluding hydrogens is 387 g/mol. The van der Waals surface area contributed by atoms with Crippen LogP contribution in [-0.2, 0) is 11.2 Å². The lowest BCUT2D eigenvalue weighted by molar-refractivity contribution is -0.119. The first-order valence-electron chi connectivity index (χ1n) is 6.66. The summed E-state index contributed by atoms with van der Waals surface area (Å²) >= 11 is 9.30. The highest BCUT2D eigenvalue weighted by Gasteiger charge is 2.20. The van der Waals surface area contributed by atoms with Gasteiger partial charge in [-0.3, -0.25) is 9.59 Å². The van der Waals surface area contributed by atoms with Crippen molar-refractivity contribution < 1.29 is 14.0 Å². The van der Waals surface area contributed by atoms with Crippen molar-refractivity contribution in [2.24, 2.45) is 5.73 Å². The summed E-state index contributed by atoms with van der Waals surface area (Å²) in [6.07, 6.45) is 0.184. The Morgan fingerprint density at radius 3 is 2.48 bits per heavy atom. The standard InChI is InChI=1S/C16H13BrClFN2O2/c17-13-6-3-11(18)7-10(13)8-14(15(20)22)21-16(23)9-1-4-12(19)5-2-9/h1-7,14H,8H2,(H2,20,22)(H,21,23)/t14-/m1/s1. The SMILES string of the molecule is NC(=O)[C@@H](Cc1cc(Cl)ccc1Br)NC(=O)c1ccc(F)cc1. The zero-order valence-electron chi connectivity index (χ0n) is 11.9. The van der Waals surface area contributed by atoms with Gasteiger partial charge in [-0.05, 0) is 48.0 Å². The summed E-state index contributed by atoms with van der Waals surface area (Å²) in [5.74, 6) is -1.63. The molecule has 1 atom stereocenters. The number of carbonyl (C=O) groups is 2. The fourth-order valence-corrected chi connectivity index (χ4v) is 2.59. The summed E-state index contributed by atoms with van der Waals surface area (Å²) in [4.78, 5) is 23.8. The van der Waals surface area contributed by atoms with Gasteiger partial charge in [-0.25, -0.2) is 4.39 Å². The van der Waals surface area contributed by atoms with E-state index in [0.717, 1.165) is 10.0 Å². The number of nitrogens with one attached hydrogen (secondary N) is 1. The van der Waals surface area contributed by atoms with E-state index in [2.05, 4.69) is 21.2 Å². The molecule has 2 rings (SSSR count). The molecule has 3 N–H and O–H groups in total. The van der Waals surface area contributed by atoms with Gasteiger partial charge in [0.05, 0.1) is 0 Å². The molecule has 0 aromatic heterocycles. The van der Waals surface area contributed by atoms with Gasteiger partial charge in [-0.2, -0.15) is 0 Å². The topological polar surface area (TPSA) is 72.2 Å². The molecular formula is C16H13BrClFN2O2. The molecule has 0 fully saturated rings. The van der Waals surface area contributed by atoms with Crippen molar-refractivity contribution in [2.75, 3.05) is 0 Å². The molecule has 0 aliphatic heterocycles. The summed E-state index contributed by atoms with van der Waals surface area (Å²) in [6.45, 7) is 0. The van der Waals surface area contributed by atoms with Crippen LogP contribution in [0.4, 0.5) is 4.39 Å². The molecule has 0 spiro atoms. The first-order chi connectivity index (χ1) is 10.9. The Kier molecular flexibility index (Phi) is 5.74.